The van der Waals surface area contributed by atoms with Crippen LogP contribution in [0, 0.1) is 25.7 Å². The molecule has 0 aliphatic carbocycles. The number of nitrogens with one attached hydrogen (secondary N) is 1. The van der Waals surface area contributed by atoms with Crippen LogP contribution < -0.4 is 5.32 Å². The van der Waals surface area contributed by atoms with Crippen LogP contribution in [-0.4, -0.2) is 22.8 Å². The van der Waals surface area contributed by atoms with Crippen molar-refractivity contribution in [2.75, 3.05) is 11.9 Å². The van der Waals surface area contributed by atoms with E-state index in [2.05, 4.69) is 22.3 Å². The van der Waals surface area contributed by atoms with Crippen molar-refractivity contribution in [2.24, 2.45) is 0 Å². The average Bonchev–Trinajstić information content (AvgIpc) is 2.86. The van der Waals surface area contributed by atoms with Crippen molar-refractivity contribution in [1.82, 2.24) is 5.16 Å². The highest BCUT2D eigenvalue weighted by molar-refractivity contribution is 6.02. The van der Waals surface area contributed by atoms with E-state index in [0.717, 1.165) is 11.1 Å². The summed E-state index contributed by atoms with van der Waals surface area (Å²) in [4.78, 5) is 11.9. The van der Waals surface area contributed by atoms with Gasteiger partial charge in [-0.3, -0.25) is 4.79 Å². The molecule has 102 valence electrons. The number of rotatable bonds is 2. The van der Waals surface area contributed by atoms with Gasteiger partial charge in [0.2, 0.25) is 5.76 Å². The zero-order chi connectivity index (χ0) is 14.5. The molecule has 2 rings (SSSR count). The second-order valence-electron chi connectivity index (χ2n) is 4.28. The molecule has 0 bridgehead atoms. The van der Waals surface area contributed by atoms with Crippen LogP contribution in [0.1, 0.15) is 27.4 Å². The van der Waals surface area contributed by atoms with Crippen LogP contribution >= 0.6 is 0 Å². The lowest BCUT2D eigenvalue weighted by atomic mass is 10.1. The number of anilines is 1. The second kappa shape index (κ2) is 6.04. The first kappa shape index (κ1) is 13.8. The van der Waals surface area contributed by atoms with Crippen molar-refractivity contribution in [3.63, 3.8) is 0 Å². The maximum atomic E-state index is 11.9. The predicted molar refractivity (Wildman–Crippen MR) is 74.3 cm³/mol. The maximum Gasteiger partial charge on any atom is 0.294 e. The fraction of sp³-hybridized carbons (Fsp3) is 0.200. The van der Waals surface area contributed by atoms with Crippen molar-refractivity contribution >= 4 is 11.6 Å². The number of aromatic nitrogens is 1. The van der Waals surface area contributed by atoms with Crippen LogP contribution in [0.3, 0.4) is 0 Å². The van der Waals surface area contributed by atoms with Gasteiger partial charge < -0.3 is 14.9 Å². The summed E-state index contributed by atoms with van der Waals surface area (Å²) in [6, 6.07) is 6.94. The van der Waals surface area contributed by atoms with Crippen LogP contribution in [0.2, 0.25) is 0 Å². The Labute approximate surface area is 116 Å². The molecule has 1 heterocycles. The highest BCUT2D eigenvalue weighted by Gasteiger charge is 2.12. The first-order chi connectivity index (χ1) is 9.60. The Morgan fingerprint density at radius 1 is 1.40 bits per heavy atom. The van der Waals surface area contributed by atoms with Crippen molar-refractivity contribution in [3.8, 4) is 11.8 Å². The highest BCUT2D eigenvalue weighted by Crippen LogP contribution is 2.15. The summed E-state index contributed by atoms with van der Waals surface area (Å²) >= 11 is 0. The maximum absolute atomic E-state index is 11.9. The molecule has 1 amide bonds. The zero-order valence-corrected chi connectivity index (χ0v) is 11.2. The van der Waals surface area contributed by atoms with Crippen molar-refractivity contribution in [2.45, 2.75) is 13.8 Å². The number of nitrogens with zero attached hydrogens (tertiary/aromatic N) is 1. The molecule has 1 aromatic heterocycles. The van der Waals surface area contributed by atoms with Gasteiger partial charge in [-0.25, -0.2) is 0 Å². The lowest BCUT2D eigenvalue weighted by Gasteiger charge is -2.05. The minimum atomic E-state index is -0.365. The van der Waals surface area contributed by atoms with Crippen LogP contribution in [0.25, 0.3) is 0 Å². The number of aliphatic hydroxyl groups is 1. The monoisotopic (exact) mass is 270 g/mol. The van der Waals surface area contributed by atoms with Gasteiger partial charge in [-0.15, -0.1) is 0 Å². The molecule has 0 saturated heterocycles. The van der Waals surface area contributed by atoms with E-state index in [9.17, 15) is 4.79 Å². The van der Waals surface area contributed by atoms with Crippen molar-refractivity contribution in [1.29, 1.82) is 0 Å². The highest BCUT2D eigenvalue weighted by atomic mass is 16.5. The van der Waals surface area contributed by atoms with Gasteiger partial charge in [0.1, 0.15) is 6.61 Å². The molecule has 1 aromatic carbocycles. The van der Waals surface area contributed by atoms with Gasteiger partial charge in [-0.05, 0) is 31.5 Å². The minimum Gasteiger partial charge on any atom is -0.384 e. The molecule has 0 spiro atoms. The van der Waals surface area contributed by atoms with Gasteiger partial charge in [-0.1, -0.05) is 23.1 Å². The Balaban J connectivity index is 2.19. The van der Waals surface area contributed by atoms with E-state index < -0.39 is 0 Å². The number of amides is 1. The fourth-order valence-corrected chi connectivity index (χ4v) is 1.63. The smallest absolute Gasteiger partial charge is 0.294 e. The first-order valence-corrected chi connectivity index (χ1v) is 6.05. The summed E-state index contributed by atoms with van der Waals surface area (Å²) in [6.45, 7) is 3.45. The fourth-order valence-electron chi connectivity index (χ4n) is 1.63. The van der Waals surface area contributed by atoms with Crippen LogP contribution in [0.15, 0.2) is 28.8 Å². The van der Waals surface area contributed by atoms with E-state index in [1.165, 1.54) is 0 Å². The Kier molecular flexibility index (Phi) is 4.18. The molecule has 5 nitrogen and oxygen atoms in total. The Morgan fingerprint density at radius 3 is 2.85 bits per heavy atom. The number of carbonyl (C=O) groups is 1. The van der Waals surface area contributed by atoms with Crippen LogP contribution in [0.4, 0.5) is 5.69 Å². The summed E-state index contributed by atoms with van der Waals surface area (Å²) < 4.78 is 4.89. The quantitative estimate of drug-likeness (QED) is 0.817. The first-order valence-electron chi connectivity index (χ1n) is 6.05. The number of hydrogen-bond donors (Lipinski definition) is 2. The number of carbonyl (C=O) groups excluding carboxylic acids is 1. The molecule has 0 aliphatic rings. The van der Waals surface area contributed by atoms with Gasteiger partial charge in [0.15, 0.2) is 0 Å². The molecule has 0 aliphatic heterocycles. The van der Waals surface area contributed by atoms with Gasteiger partial charge in [0, 0.05) is 17.3 Å². The third kappa shape index (κ3) is 3.25. The SMILES string of the molecule is Cc1cc(C(=O)Nc2ccc(C)c(C#CCO)c2)on1. The minimum absolute atomic E-state index is 0.158. The topological polar surface area (TPSA) is 75.4 Å². The molecule has 0 fully saturated rings. The van der Waals surface area contributed by atoms with Gasteiger partial charge in [0.05, 0.1) is 5.69 Å². The van der Waals surface area contributed by atoms with E-state index in [-0.39, 0.29) is 18.3 Å². The Morgan fingerprint density at radius 2 is 2.20 bits per heavy atom. The molecule has 2 aromatic rings. The molecule has 0 atom stereocenters. The van der Waals surface area contributed by atoms with E-state index in [0.29, 0.717) is 11.4 Å². The number of aryl methyl sites for hydroxylation is 2. The van der Waals surface area contributed by atoms with E-state index >= 15 is 0 Å². The van der Waals surface area contributed by atoms with Gasteiger partial charge in [0.25, 0.3) is 5.91 Å². The summed E-state index contributed by atoms with van der Waals surface area (Å²) in [5, 5.41) is 15.1. The molecule has 0 saturated carbocycles. The van der Waals surface area contributed by atoms with Crippen LogP contribution in [0.5, 0.6) is 0 Å². The number of aliphatic hydroxyl groups excluding tert-OH is 1. The summed E-state index contributed by atoms with van der Waals surface area (Å²) in [5.41, 5.74) is 2.98. The standard InChI is InChI=1S/C15H14N2O3/c1-10-5-6-13(9-12(10)4-3-7-18)16-15(19)14-8-11(2)17-20-14/h5-6,8-9,18H,7H2,1-2H3,(H,16,19). The van der Waals surface area contributed by atoms with E-state index in [4.69, 9.17) is 9.63 Å². The zero-order valence-electron chi connectivity index (χ0n) is 11.2. The second-order valence-corrected chi connectivity index (χ2v) is 4.28. The average molecular weight is 270 g/mol. The van der Waals surface area contributed by atoms with Gasteiger partial charge in [-0.2, -0.15) is 0 Å². The molecule has 2 N–H and O–H groups in total. The normalized spacial score (nSPS) is 9.75. The number of hydrogen-bond acceptors (Lipinski definition) is 4. The molecule has 0 radical (unpaired) electrons. The number of benzene rings is 1. The summed E-state index contributed by atoms with van der Waals surface area (Å²) in [7, 11) is 0. The third-order valence-corrected chi connectivity index (χ3v) is 2.65. The molecule has 5 heteroatoms. The van der Waals surface area contributed by atoms with Gasteiger partial charge >= 0.3 is 0 Å². The van der Waals surface area contributed by atoms with E-state index in [1.807, 2.05) is 13.0 Å². The Hall–Kier alpha value is -2.58. The predicted octanol–water partition coefficient (Wildman–Crippen LogP) is 1.89. The lowest BCUT2D eigenvalue weighted by Crippen LogP contribution is -2.11. The van der Waals surface area contributed by atoms with Crippen LogP contribution in [-0.2, 0) is 0 Å². The lowest BCUT2D eigenvalue weighted by molar-refractivity contribution is 0.0988. The molecule has 20 heavy (non-hydrogen) atoms. The molecule has 0 unspecified atom stereocenters. The molecular weight excluding hydrogens is 256 g/mol. The third-order valence-electron chi connectivity index (χ3n) is 2.65. The van der Waals surface area contributed by atoms with Crippen molar-refractivity contribution < 1.29 is 14.4 Å². The molecular formula is C15H14N2O3. The summed E-state index contributed by atoms with van der Waals surface area (Å²) in [6.07, 6.45) is 0. The van der Waals surface area contributed by atoms with Crippen molar-refractivity contribution in [3.05, 3.63) is 46.8 Å². The summed E-state index contributed by atoms with van der Waals surface area (Å²) in [5.74, 6) is 5.21. The Bertz CT molecular complexity index is 693. The van der Waals surface area contributed by atoms with E-state index in [1.54, 1.807) is 25.1 Å². The largest absolute Gasteiger partial charge is 0.384 e.